The summed E-state index contributed by atoms with van der Waals surface area (Å²) in [4.78, 5) is 3.78. The van der Waals surface area contributed by atoms with Gasteiger partial charge in [-0.05, 0) is 24.6 Å². The van der Waals surface area contributed by atoms with Crippen molar-refractivity contribution in [1.29, 1.82) is 0 Å². The molecule has 0 bridgehead atoms. The molecule has 3 N–H and O–H groups in total. The van der Waals surface area contributed by atoms with Gasteiger partial charge in [0.05, 0.1) is 12.2 Å². The molecular formula is C10H14Cl2N2O2. The lowest BCUT2D eigenvalue weighted by molar-refractivity contribution is 0.155. The largest absolute Gasteiger partial charge is 0.392 e. The van der Waals surface area contributed by atoms with Crippen LogP contribution in [0.5, 0.6) is 0 Å². The van der Waals surface area contributed by atoms with Crippen LogP contribution in [0.15, 0.2) is 12.1 Å². The quantitative estimate of drug-likeness (QED) is 0.704. The van der Waals surface area contributed by atoms with E-state index in [9.17, 15) is 5.11 Å². The molecule has 1 unspecified atom stereocenters. The molecule has 0 aliphatic rings. The third-order valence-electron chi connectivity index (χ3n) is 1.95. The van der Waals surface area contributed by atoms with Crippen LogP contribution in [0.25, 0.3) is 0 Å². The Balaban J connectivity index is 2.55. The molecule has 1 heterocycles. The molecule has 0 saturated heterocycles. The molecular weight excluding hydrogens is 251 g/mol. The summed E-state index contributed by atoms with van der Waals surface area (Å²) in [7, 11) is 0. The summed E-state index contributed by atoms with van der Waals surface area (Å²) < 4.78 is 0. The molecule has 0 aliphatic carbocycles. The topological polar surface area (TPSA) is 65.4 Å². The first-order chi connectivity index (χ1) is 7.49. The molecule has 1 aromatic rings. The van der Waals surface area contributed by atoms with Crippen molar-refractivity contribution in [2.24, 2.45) is 0 Å². The van der Waals surface area contributed by atoms with Crippen molar-refractivity contribution in [3.05, 3.63) is 28.0 Å². The molecule has 16 heavy (non-hydrogen) atoms. The Morgan fingerprint density at radius 2 is 1.81 bits per heavy atom. The second-order valence-corrected chi connectivity index (χ2v) is 4.34. The fourth-order valence-electron chi connectivity index (χ4n) is 1.22. The second-order valence-electron chi connectivity index (χ2n) is 3.57. The molecule has 0 fully saturated rings. The predicted molar refractivity (Wildman–Crippen MR) is 63.8 cm³/mol. The maximum absolute atomic E-state index is 9.79. The van der Waals surface area contributed by atoms with E-state index in [0.717, 1.165) is 0 Å². The van der Waals surface area contributed by atoms with E-state index < -0.39 is 12.2 Å². The minimum Gasteiger partial charge on any atom is -0.392 e. The molecule has 2 atom stereocenters. The summed E-state index contributed by atoms with van der Waals surface area (Å²) in [6, 6.07) is 3.12. The summed E-state index contributed by atoms with van der Waals surface area (Å²) in [6.07, 6.45) is -1.17. The van der Waals surface area contributed by atoms with Gasteiger partial charge in [0.25, 0.3) is 0 Å². The smallest absolute Gasteiger partial charge is 0.131 e. The third-order valence-corrected chi connectivity index (χ3v) is 2.33. The highest BCUT2D eigenvalue weighted by Crippen LogP contribution is 2.19. The van der Waals surface area contributed by atoms with E-state index in [1.165, 1.54) is 0 Å². The minimum atomic E-state index is -0.725. The molecule has 0 radical (unpaired) electrons. The van der Waals surface area contributed by atoms with Gasteiger partial charge in [0.2, 0.25) is 0 Å². The first-order valence-electron chi connectivity index (χ1n) is 4.89. The Morgan fingerprint density at radius 1 is 1.25 bits per heavy atom. The number of halogens is 2. The first kappa shape index (κ1) is 13.7. The van der Waals surface area contributed by atoms with Crippen LogP contribution in [-0.4, -0.2) is 34.4 Å². The van der Waals surface area contributed by atoms with Gasteiger partial charge < -0.3 is 15.5 Å². The van der Waals surface area contributed by atoms with Crippen molar-refractivity contribution < 1.29 is 10.2 Å². The van der Waals surface area contributed by atoms with E-state index in [2.05, 4.69) is 10.3 Å². The highest BCUT2D eigenvalue weighted by atomic mass is 35.5. The van der Waals surface area contributed by atoms with Crippen LogP contribution in [-0.2, 0) is 0 Å². The van der Waals surface area contributed by atoms with Gasteiger partial charge in [-0.15, -0.1) is 0 Å². The lowest BCUT2D eigenvalue weighted by Crippen LogP contribution is -2.28. The minimum absolute atomic E-state index is 0.247. The fraction of sp³-hybridized carbons (Fsp3) is 0.500. The van der Waals surface area contributed by atoms with E-state index >= 15 is 0 Å². The molecule has 0 aliphatic heterocycles. The van der Waals surface area contributed by atoms with E-state index in [4.69, 9.17) is 28.3 Å². The van der Waals surface area contributed by atoms with Gasteiger partial charge in [0.1, 0.15) is 10.3 Å². The molecule has 1 rings (SSSR count). The number of hydrogen-bond donors (Lipinski definition) is 3. The lowest BCUT2D eigenvalue weighted by Gasteiger charge is -2.13. The zero-order chi connectivity index (χ0) is 12.1. The van der Waals surface area contributed by atoms with Crippen LogP contribution in [0.3, 0.4) is 0 Å². The van der Waals surface area contributed by atoms with Crippen LogP contribution in [0.2, 0.25) is 10.3 Å². The Kier molecular flexibility index (Phi) is 5.44. The first-order valence-corrected chi connectivity index (χ1v) is 5.64. The summed E-state index contributed by atoms with van der Waals surface area (Å²) in [5, 5.41) is 22.2. The number of hydrogen-bond acceptors (Lipinski definition) is 4. The third kappa shape index (κ3) is 4.63. The van der Waals surface area contributed by atoms with Crippen molar-refractivity contribution in [3.63, 3.8) is 0 Å². The van der Waals surface area contributed by atoms with Crippen molar-refractivity contribution in [1.82, 2.24) is 10.3 Å². The Hall–Kier alpha value is -0.390. The predicted octanol–water partition coefficient (Wildman–Crippen LogP) is 1.39. The van der Waals surface area contributed by atoms with Gasteiger partial charge in [-0.25, -0.2) is 4.98 Å². The Labute approximate surface area is 104 Å². The van der Waals surface area contributed by atoms with E-state index in [0.29, 0.717) is 18.7 Å². The molecule has 4 nitrogen and oxygen atoms in total. The summed E-state index contributed by atoms with van der Waals surface area (Å²) in [5.74, 6) is 0. The van der Waals surface area contributed by atoms with Gasteiger partial charge in [-0.1, -0.05) is 23.2 Å². The van der Waals surface area contributed by atoms with Crippen LogP contribution in [0, 0.1) is 0 Å². The van der Waals surface area contributed by atoms with Crippen LogP contribution in [0.4, 0.5) is 0 Å². The zero-order valence-electron chi connectivity index (χ0n) is 8.82. The molecule has 0 spiro atoms. The molecule has 90 valence electrons. The maximum Gasteiger partial charge on any atom is 0.131 e. The number of rotatable bonds is 5. The fourth-order valence-corrected chi connectivity index (χ4v) is 1.70. The van der Waals surface area contributed by atoms with Crippen molar-refractivity contribution >= 4 is 23.2 Å². The van der Waals surface area contributed by atoms with Gasteiger partial charge >= 0.3 is 0 Å². The number of nitrogens with one attached hydrogen (secondary N) is 1. The lowest BCUT2D eigenvalue weighted by atomic mass is 10.1. The van der Waals surface area contributed by atoms with Gasteiger partial charge in [0, 0.05) is 13.1 Å². The normalized spacial score (nSPS) is 14.8. The number of aromatic nitrogens is 1. The summed E-state index contributed by atoms with van der Waals surface area (Å²) in [6.45, 7) is 2.41. The summed E-state index contributed by atoms with van der Waals surface area (Å²) in [5.41, 5.74) is 0.600. The van der Waals surface area contributed by atoms with E-state index in [1.807, 2.05) is 0 Å². The standard InChI is InChI=1S/C10H14Cl2N2O2/c1-6(15)4-13-5-8(16)7-2-9(11)14-10(12)3-7/h2-3,6,8,13,15-16H,4-5H2,1H3/t6-,8?/m0/s1. The highest BCUT2D eigenvalue weighted by Gasteiger charge is 2.10. The number of aliphatic hydroxyl groups excluding tert-OH is 2. The maximum atomic E-state index is 9.79. The van der Waals surface area contributed by atoms with Gasteiger partial charge in [-0.3, -0.25) is 0 Å². The average Bonchev–Trinajstić information content (AvgIpc) is 2.15. The molecule has 0 saturated carbocycles. The average molecular weight is 265 g/mol. The Bertz CT molecular complexity index is 327. The van der Waals surface area contributed by atoms with Gasteiger partial charge in [-0.2, -0.15) is 0 Å². The van der Waals surface area contributed by atoms with Crippen LogP contribution < -0.4 is 5.32 Å². The van der Waals surface area contributed by atoms with Gasteiger partial charge in [0.15, 0.2) is 0 Å². The second kappa shape index (κ2) is 6.37. The molecule has 0 aromatic carbocycles. The Morgan fingerprint density at radius 3 is 2.31 bits per heavy atom. The monoisotopic (exact) mass is 264 g/mol. The van der Waals surface area contributed by atoms with Crippen LogP contribution >= 0.6 is 23.2 Å². The van der Waals surface area contributed by atoms with Crippen molar-refractivity contribution in [2.75, 3.05) is 13.1 Å². The molecule has 6 heteroatoms. The summed E-state index contributed by atoms with van der Waals surface area (Å²) >= 11 is 11.4. The van der Waals surface area contributed by atoms with E-state index in [1.54, 1.807) is 19.1 Å². The van der Waals surface area contributed by atoms with Crippen molar-refractivity contribution in [2.45, 2.75) is 19.1 Å². The van der Waals surface area contributed by atoms with E-state index in [-0.39, 0.29) is 10.3 Å². The molecule has 1 aromatic heterocycles. The molecule has 0 amide bonds. The highest BCUT2D eigenvalue weighted by molar-refractivity contribution is 6.32. The number of nitrogens with zero attached hydrogens (tertiary/aromatic N) is 1. The number of aliphatic hydroxyl groups is 2. The number of pyridine rings is 1. The SMILES string of the molecule is C[C@H](O)CNCC(O)c1cc(Cl)nc(Cl)c1. The zero-order valence-corrected chi connectivity index (χ0v) is 10.3. The van der Waals surface area contributed by atoms with Crippen molar-refractivity contribution in [3.8, 4) is 0 Å². The van der Waals surface area contributed by atoms with Crippen LogP contribution in [0.1, 0.15) is 18.6 Å².